The van der Waals surface area contributed by atoms with Crippen molar-refractivity contribution in [2.75, 3.05) is 6.54 Å². The molecule has 1 fully saturated rings. The van der Waals surface area contributed by atoms with Gasteiger partial charge in [0.15, 0.2) is 0 Å². The van der Waals surface area contributed by atoms with Crippen molar-refractivity contribution in [2.45, 2.75) is 9.79 Å². The van der Waals surface area contributed by atoms with Gasteiger partial charge in [0.2, 0.25) is 0 Å². The molecule has 1 saturated heterocycles. The van der Waals surface area contributed by atoms with Crippen LogP contribution in [0.5, 0.6) is 0 Å². The second kappa shape index (κ2) is 8.91. The summed E-state index contributed by atoms with van der Waals surface area (Å²) in [5.74, 6) is -0.225. The average molecular weight is 449 g/mol. The maximum atomic E-state index is 12.4. The second-order valence-electron chi connectivity index (χ2n) is 5.62. The molecule has 0 bridgehead atoms. The molecule has 142 valence electrons. The highest BCUT2D eigenvalue weighted by atomic mass is 35.5. The minimum Gasteiger partial charge on any atom is -0.289 e. The predicted octanol–water partition coefficient (Wildman–Crippen LogP) is 5.79. The van der Waals surface area contributed by atoms with Gasteiger partial charge in [-0.15, -0.1) is 6.58 Å². The molecule has 0 N–H and O–H groups in total. The molecular weight excluding hydrogens is 436 g/mol. The van der Waals surface area contributed by atoms with E-state index in [0.29, 0.717) is 31.3 Å². The van der Waals surface area contributed by atoms with Crippen molar-refractivity contribution in [3.63, 3.8) is 0 Å². The van der Waals surface area contributed by atoms with E-state index >= 15 is 0 Å². The molecule has 2 aromatic rings. The van der Waals surface area contributed by atoms with Crippen molar-refractivity contribution in [1.82, 2.24) is 4.90 Å². The van der Waals surface area contributed by atoms with Crippen LogP contribution in [0.25, 0.3) is 6.08 Å². The smallest absolute Gasteiger partial charge is 0.283 e. The Hall–Kier alpha value is -2.13. The summed E-state index contributed by atoms with van der Waals surface area (Å²) >= 11 is 13.5. The van der Waals surface area contributed by atoms with Crippen LogP contribution in [0, 0.1) is 10.1 Å². The first-order valence-electron chi connectivity index (χ1n) is 7.97. The highest BCUT2D eigenvalue weighted by molar-refractivity contribution is 8.26. The molecule has 1 amide bonds. The van der Waals surface area contributed by atoms with Gasteiger partial charge in [-0.05, 0) is 42.0 Å². The fourth-order valence-corrected chi connectivity index (χ4v) is 4.72. The Labute approximate surface area is 180 Å². The van der Waals surface area contributed by atoms with E-state index < -0.39 is 4.92 Å². The largest absolute Gasteiger partial charge is 0.289 e. The SMILES string of the molecule is C=CCN1C(=O)C(=Cc2ccc(Sc3ccc(Cl)cc3)c([N+](=O)[O-])c2)SC1=S. The van der Waals surface area contributed by atoms with Gasteiger partial charge in [0.05, 0.1) is 14.7 Å². The normalized spacial score (nSPS) is 15.3. The molecular formula is C19H13ClN2O3S3. The molecule has 1 heterocycles. The number of hydrogen-bond donors (Lipinski definition) is 0. The Bertz CT molecular complexity index is 1010. The molecule has 0 spiro atoms. The molecule has 0 saturated carbocycles. The summed E-state index contributed by atoms with van der Waals surface area (Å²) in [6.07, 6.45) is 3.22. The lowest BCUT2D eigenvalue weighted by atomic mass is 10.2. The maximum Gasteiger partial charge on any atom is 0.283 e. The number of carbonyl (C=O) groups excluding carboxylic acids is 1. The third kappa shape index (κ3) is 4.64. The van der Waals surface area contributed by atoms with Crippen molar-refractivity contribution >= 4 is 69.3 Å². The van der Waals surface area contributed by atoms with Gasteiger partial charge < -0.3 is 0 Å². The topological polar surface area (TPSA) is 63.5 Å². The number of thioether (sulfide) groups is 1. The molecule has 28 heavy (non-hydrogen) atoms. The molecule has 5 nitrogen and oxygen atoms in total. The summed E-state index contributed by atoms with van der Waals surface area (Å²) in [5, 5.41) is 12.1. The van der Waals surface area contributed by atoms with Crippen molar-refractivity contribution in [3.8, 4) is 0 Å². The fraction of sp³-hybridized carbons (Fsp3) is 0.0526. The monoisotopic (exact) mass is 448 g/mol. The van der Waals surface area contributed by atoms with Gasteiger partial charge in [-0.1, -0.05) is 59.5 Å². The fourth-order valence-electron chi connectivity index (χ4n) is 2.42. The lowest BCUT2D eigenvalue weighted by molar-refractivity contribution is -0.387. The number of carbonyl (C=O) groups is 1. The Morgan fingerprint density at radius 3 is 2.64 bits per heavy atom. The molecule has 3 rings (SSSR count). The molecule has 0 aliphatic carbocycles. The number of hydrogen-bond acceptors (Lipinski definition) is 6. The number of benzene rings is 2. The number of halogens is 1. The Morgan fingerprint density at radius 2 is 2.00 bits per heavy atom. The molecule has 1 aliphatic heterocycles. The van der Waals surface area contributed by atoms with E-state index in [1.807, 2.05) is 0 Å². The van der Waals surface area contributed by atoms with Crippen LogP contribution in [0.15, 0.2) is 69.8 Å². The zero-order chi connectivity index (χ0) is 20.3. The van der Waals surface area contributed by atoms with E-state index in [0.717, 1.165) is 4.90 Å². The highest BCUT2D eigenvalue weighted by Crippen LogP contribution is 2.37. The van der Waals surface area contributed by atoms with Crippen molar-refractivity contribution in [1.29, 1.82) is 0 Å². The number of nitro groups is 1. The first kappa shape index (κ1) is 20.6. The first-order valence-corrected chi connectivity index (χ1v) is 10.4. The number of thiocarbonyl (C=S) groups is 1. The van der Waals surface area contributed by atoms with E-state index in [2.05, 4.69) is 6.58 Å². The summed E-state index contributed by atoms with van der Waals surface area (Å²) in [4.78, 5) is 26.7. The summed E-state index contributed by atoms with van der Waals surface area (Å²) in [7, 11) is 0. The highest BCUT2D eigenvalue weighted by Gasteiger charge is 2.31. The minimum absolute atomic E-state index is 0.0322. The molecule has 2 aromatic carbocycles. The summed E-state index contributed by atoms with van der Waals surface area (Å²) in [5.41, 5.74) is 0.529. The van der Waals surface area contributed by atoms with Crippen molar-refractivity contribution in [3.05, 3.63) is 80.7 Å². The zero-order valence-electron chi connectivity index (χ0n) is 14.3. The number of rotatable bonds is 6. The lowest BCUT2D eigenvalue weighted by Crippen LogP contribution is -2.27. The quantitative estimate of drug-likeness (QED) is 0.183. The average Bonchev–Trinajstić information content (AvgIpc) is 2.92. The van der Waals surface area contributed by atoms with Gasteiger partial charge in [0.25, 0.3) is 11.6 Å². The molecule has 0 aromatic heterocycles. The van der Waals surface area contributed by atoms with Crippen LogP contribution in [0.4, 0.5) is 5.69 Å². The standard InChI is InChI=1S/C19H13ClN2O3S3/c1-2-9-21-18(23)17(28-19(21)26)11-12-3-8-16(15(10-12)22(24)25)27-14-6-4-13(20)5-7-14/h2-8,10-11H,1,9H2. The van der Waals surface area contributed by atoms with E-state index in [1.165, 1.54) is 34.5 Å². The Kier molecular flexibility index (Phi) is 6.56. The van der Waals surface area contributed by atoms with Crippen LogP contribution in [0.3, 0.4) is 0 Å². The number of amides is 1. The van der Waals surface area contributed by atoms with E-state index in [9.17, 15) is 14.9 Å². The van der Waals surface area contributed by atoms with Crippen LogP contribution in [-0.4, -0.2) is 26.6 Å². The molecule has 1 aliphatic rings. The van der Waals surface area contributed by atoms with Gasteiger partial charge in [-0.2, -0.15) is 0 Å². The number of nitro benzene ring substituents is 1. The van der Waals surface area contributed by atoms with Crippen LogP contribution in [0.1, 0.15) is 5.56 Å². The molecule has 9 heteroatoms. The summed E-state index contributed by atoms with van der Waals surface area (Å²) in [6.45, 7) is 3.95. The van der Waals surface area contributed by atoms with E-state index in [4.69, 9.17) is 23.8 Å². The van der Waals surface area contributed by atoms with Gasteiger partial charge in [0, 0.05) is 22.5 Å². The Balaban J connectivity index is 1.90. The van der Waals surface area contributed by atoms with Crippen LogP contribution >= 0.6 is 47.3 Å². The first-order chi connectivity index (χ1) is 13.4. The third-order valence-corrected chi connectivity index (χ3v) is 6.41. The van der Waals surface area contributed by atoms with Crippen molar-refractivity contribution in [2.24, 2.45) is 0 Å². The second-order valence-corrected chi connectivity index (χ2v) is 8.85. The van der Waals surface area contributed by atoms with Crippen molar-refractivity contribution < 1.29 is 9.72 Å². The van der Waals surface area contributed by atoms with Crippen LogP contribution in [0.2, 0.25) is 5.02 Å². The summed E-state index contributed by atoms with van der Waals surface area (Å²) < 4.78 is 0.445. The van der Waals surface area contributed by atoms with Crippen LogP contribution < -0.4 is 0 Å². The molecule has 0 unspecified atom stereocenters. The van der Waals surface area contributed by atoms with E-state index in [1.54, 1.807) is 48.6 Å². The van der Waals surface area contributed by atoms with Gasteiger partial charge in [0.1, 0.15) is 4.32 Å². The predicted molar refractivity (Wildman–Crippen MR) is 119 cm³/mol. The van der Waals surface area contributed by atoms with Gasteiger partial charge >= 0.3 is 0 Å². The van der Waals surface area contributed by atoms with Crippen LogP contribution in [-0.2, 0) is 4.79 Å². The van der Waals surface area contributed by atoms with E-state index in [-0.39, 0.29) is 11.6 Å². The number of nitrogens with zero attached hydrogens (tertiary/aromatic N) is 2. The molecule has 0 radical (unpaired) electrons. The molecule has 0 atom stereocenters. The summed E-state index contributed by atoms with van der Waals surface area (Å²) in [6, 6.07) is 11.9. The van der Waals surface area contributed by atoms with Gasteiger partial charge in [-0.3, -0.25) is 19.8 Å². The zero-order valence-corrected chi connectivity index (χ0v) is 17.5. The lowest BCUT2D eigenvalue weighted by Gasteiger charge is -2.10. The Morgan fingerprint density at radius 1 is 1.29 bits per heavy atom. The maximum absolute atomic E-state index is 12.4. The van der Waals surface area contributed by atoms with Gasteiger partial charge in [-0.25, -0.2) is 0 Å². The third-order valence-electron chi connectivity index (χ3n) is 3.70. The minimum atomic E-state index is -0.432.